The standard InChI is InChI=1S/C17H23N3O2S2/c1-12-10-14(3)16(11-13(12)2)24(21,22)19-15-4-7-20(8-5-15)17-18-6-9-23-17/h6,9-11,15,19H,4-5,7-8H2,1-3H3. The second kappa shape index (κ2) is 6.82. The van der Waals surface area contributed by atoms with E-state index in [-0.39, 0.29) is 6.04 Å². The van der Waals surface area contributed by atoms with Crippen molar-refractivity contribution in [2.75, 3.05) is 18.0 Å². The molecule has 0 atom stereocenters. The van der Waals surface area contributed by atoms with Crippen molar-refractivity contribution in [2.45, 2.75) is 44.6 Å². The number of piperidine rings is 1. The number of thiazole rings is 1. The SMILES string of the molecule is Cc1cc(C)c(S(=O)(=O)NC2CCN(c3nccs3)CC2)cc1C. The minimum Gasteiger partial charge on any atom is -0.348 e. The third-order valence-corrected chi connectivity index (χ3v) is 7.08. The highest BCUT2D eigenvalue weighted by Crippen LogP contribution is 2.24. The lowest BCUT2D eigenvalue weighted by Crippen LogP contribution is -2.44. The quantitative estimate of drug-likeness (QED) is 0.905. The Hall–Kier alpha value is -1.44. The zero-order valence-electron chi connectivity index (χ0n) is 14.2. The van der Waals surface area contributed by atoms with Crippen LogP contribution in [-0.2, 0) is 10.0 Å². The molecule has 2 aromatic rings. The summed E-state index contributed by atoms with van der Waals surface area (Å²) in [7, 11) is -3.48. The Bertz CT molecular complexity index is 809. The zero-order valence-corrected chi connectivity index (χ0v) is 15.9. The number of hydrogen-bond acceptors (Lipinski definition) is 5. The van der Waals surface area contributed by atoms with Gasteiger partial charge in [-0.25, -0.2) is 18.1 Å². The van der Waals surface area contributed by atoms with Crippen molar-refractivity contribution in [1.29, 1.82) is 0 Å². The molecule has 1 aromatic heterocycles. The molecule has 0 spiro atoms. The van der Waals surface area contributed by atoms with Gasteiger partial charge in [0.1, 0.15) is 0 Å². The van der Waals surface area contributed by atoms with Gasteiger partial charge in [0.15, 0.2) is 5.13 Å². The van der Waals surface area contributed by atoms with Crippen molar-refractivity contribution in [1.82, 2.24) is 9.71 Å². The lowest BCUT2D eigenvalue weighted by atomic mass is 10.1. The smallest absolute Gasteiger partial charge is 0.241 e. The number of rotatable bonds is 4. The van der Waals surface area contributed by atoms with E-state index < -0.39 is 10.0 Å². The van der Waals surface area contributed by atoms with Gasteiger partial charge in [-0.15, -0.1) is 11.3 Å². The Morgan fingerprint density at radius 1 is 1.12 bits per heavy atom. The topological polar surface area (TPSA) is 62.3 Å². The summed E-state index contributed by atoms with van der Waals surface area (Å²) in [6.45, 7) is 7.45. The summed E-state index contributed by atoms with van der Waals surface area (Å²) in [4.78, 5) is 6.94. The fourth-order valence-electron chi connectivity index (χ4n) is 3.07. The van der Waals surface area contributed by atoms with Gasteiger partial charge in [-0.05, 0) is 56.4 Å². The van der Waals surface area contributed by atoms with E-state index in [1.807, 2.05) is 32.2 Å². The van der Waals surface area contributed by atoms with Gasteiger partial charge in [-0.1, -0.05) is 6.07 Å². The summed E-state index contributed by atoms with van der Waals surface area (Å²) in [5.74, 6) is 0. The number of aryl methyl sites for hydroxylation is 3. The number of sulfonamides is 1. The van der Waals surface area contributed by atoms with Crippen molar-refractivity contribution in [3.63, 3.8) is 0 Å². The van der Waals surface area contributed by atoms with Gasteiger partial charge in [-0.2, -0.15) is 0 Å². The Labute approximate surface area is 147 Å². The summed E-state index contributed by atoms with van der Waals surface area (Å²) >= 11 is 1.62. The predicted molar refractivity (Wildman–Crippen MR) is 98.3 cm³/mol. The molecule has 0 saturated carbocycles. The van der Waals surface area contributed by atoms with Crippen molar-refractivity contribution in [3.8, 4) is 0 Å². The van der Waals surface area contributed by atoms with Crippen LogP contribution < -0.4 is 9.62 Å². The normalized spacial score (nSPS) is 16.5. The lowest BCUT2D eigenvalue weighted by Gasteiger charge is -2.32. The Morgan fingerprint density at radius 2 is 1.79 bits per heavy atom. The van der Waals surface area contributed by atoms with E-state index in [4.69, 9.17) is 0 Å². The Morgan fingerprint density at radius 3 is 2.42 bits per heavy atom. The third kappa shape index (κ3) is 3.63. The van der Waals surface area contributed by atoms with Crippen LogP contribution in [0.5, 0.6) is 0 Å². The van der Waals surface area contributed by atoms with Gasteiger partial charge >= 0.3 is 0 Å². The third-order valence-electron chi connectivity index (χ3n) is 4.59. The van der Waals surface area contributed by atoms with Gasteiger partial charge in [-0.3, -0.25) is 0 Å². The number of aromatic nitrogens is 1. The van der Waals surface area contributed by atoms with Crippen LogP contribution in [-0.4, -0.2) is 32.5 Å². The van der Waals surface area contributed by atoms with Crippen LogP contribution in [0.3, 0.4) is 0 Å². The average molecular weight is 366 g/mol. The summed E-state index contributed by atoms with van der Waals surface area (Å²) in [6, 6.07) is 3.69. The van der Waals surface area contributed by atoms with Crippen LogP contribution in [0, 0.1) is 20.8 Å². The molecule has 5 nitrogen and oxygen atoms in total. The average Bonchev–Trinajstić information content (AvgIpc) is 3.05. The number of anilines is 1. The van der Waals surface area contributed by atoms with Crippen LogP contribution in [0.2, 0.25) is 0 Å². The highest BCUT2D eigenvalue weighted by atomic mass is 32.2. The first-order chi connectivity index (χ1) is 11.4. The van der Waals surface area contributed by atoms with E-state index in [0.29, 0.717) is 4.90 Å². The molecule has 1 N–H and O–H groups in total. The maximum absolute atomic E-state index is 12.8. The van der Waals surface area contributed by atoms with E-state index >= 15 is 0 Å². The van der Waals surface area contributed by atoms with E-state index in [1.165, 1.54) is 0 Å². The van der Waals surface area contributed by atoms with Gasteiger partial charge in [0.25, 0.3) is 0 Å². The summed E-state index contributed by atoms with van der Waals surface area (Å²) in [6.07, 6.45) is 3.39. The first kappa shape index (κ1) is 17.4. The van der Waals surface area contributed by atoms with E-state index in [2.05, 4.69) is 14.6 Å². The van der Waals surface area contributed by atoms with E-state index in [1.54, 1.807) is 23.6 Å². The van der Waals surface area contributed by atoms with Crippen LogP contribution in [0.25, 0.3) is 0 Å². The molecule has 1 aliphatic heterocycles. The zero-order chi connectivity index (χ0) is 17.3. The molecule has 0 bridgehead atoms. The molecular weight excluding hydrogens is 342 g/mol. The van der Waals surface area contributed by atoms with Crippen molar-refractivity contribution >= 4 is 26.5 Å². The molecule has 7 heteroatoms. The van der Waals surface area contributed by atoms with Crippen molar-refractivity contribution < 1.29 is 8.42 Å². The first-order valence-electron chi connectivity index (χ1n) is 8.11. The van der Waals surface area contributed by atoms with Gasteiger partial charge in [0, 0.05) is 30.7 Å². The second-order valence-corrected chi connectivity index (χ2v) is 8.95. The molecule has 24 heavy (non-hydrogen) atoms. The van der Waals surface area contributed by atoms with E-state index in [9.17, 15) is 8.42 Å². The highest BCUT2D eigenvalue weighted by molar-refractivity contribution is 7.89. The summed E-state index contributed by atoms with van der Waals surface area (Å²) in [5.41, 5.74) is 2.91. The number of hydrogen-bond donors (Lipinski definition) is 1. The molecule has 1 aliphatic rings. The largest absolute Gasteiger partial charge is 0.348 e. The molecule has 0 radical (unpaired) electrons. The number of nitrogens with one attached hydrogen (secondary N) is 1. The fourth-order valence-corrected chi connectivity index (χ4v) is 5.38. The molecule has 1 saturated heterocycles. The van der Waals surface area contributed by atoms with E-state index in [0.717, 1.165) is 47.8 Å². The summed E-state index contributed by atoms with van der Waals surface area (Å²) in [5, 5.41) is 2.98. The second-order valence-electron chi connectivity index (χ2n) is 6.40. The van der Waals surface area contributed by atoms with Crippen LogP contribution in [0.1, 0.15) is 29.5 Å². The predicted octanol–water partition coefficient (Wildman–Crippen LogP) is 3.02. The van der Waals surface area contributed by atoms with Crippen molar-refractivity contribution in [2.24, 2.45) is 0 Å². The highest BCUT2D eigenvalue weighted by Gasteiger charge is 2.26. The molecule has 1 fully saturated rings. The maximum Gasteiger partial charge on any atom is 0.241 e. The number of nitrogens with zero attached hydrogens (tertiary/aromatic N) is 2. The minimum atomic E-state index is -3.48. The maximum atomic E-state index is 12.8. The first-order valence-corrected chi connectivity index (χ1v) is 10.5. The molecule has 3 rings (SSSR count). The Balaban J connectivity index is 1.69. The van der Waals surface area contributed by atoms with Gasteiger partial charge < -0.3 is 4.90 Å². The lowest BCUT2D eigenvalue weighted by molar-refractivity contribution is 0.459. The summed E-state index contributed by atoms with van der Waals surface area (Å²) < 4.78 is 28.4. The fraction of sp³-hybridized carbons (Fsp3) is 0.471. The van der Waals surface area contributed by atoms with Gasteiger partial charge in [0.2, 0.25) is 10.0 Å². The molecular formula is C17H23N3O2S2. The Kier molecular flexibility index (Phi) is 4.94. The minimum absolute atomic E-state index is 0.0211. The van der Waals surface area contributed by atoms with Gasteiger partial charge in [0.05, 0.1) is 4.90 Å². The van der Waals surface area contributed by atoms with Crippen molar-refractivity contribution in [3.05, 3.63) is 40.4 Å². The van der Waals surface area contributed by atoms with Crippen LogP contribution in [0.4, 0.5) is 5.13 Å². The molecule has 2 heterocycles. The van der Waals surface area contributed by atoms with Crippen LogP contribution >= 0.6 is 11.3 Å². The molecule has 0 amide bonds. The molecule has 0 unspecified atom stereocenters. The molecule has 130 valence electrons. The molecule has 0 aliphatic carbocycles. The number of benzene rings is 1. The monoisotopic (exact) mass is 365 g/mol. The molecule has 1 aromatic carbocycles. The van der Waals surface area contributed by atoms with Crippen LogP contribution in [0.15, 0.2) is 28.6 Å².